The van der Waals surface area contributed by atoms with Gasteiger partial charge in [-0.25, -0.2) is 9.89 Å². The molecule has 3 unspecified atom stereocenters. The van der Waals surface area contributed by atoms with Crippen molar-refractivity contribution in [3.63, 3.8) is 0 Å². The van der Waals surface area contributed by atoms with Crippen molar-refractivity contribution in [2.45, 2.75) is 18.3 Å². The summed E-state index contributed by atoms with van der Waals surface area (Å²) in [5.41, 5.74) is -1.63. The molecule has 0 spiro atoms. The molecule has 0 radical (unpaired) electrons. The highest BCUT2D eigenvalue weighted by atomic mass is 16.5. The maximum atomic E-state index is 11.3. The van der Waals surface area contributed by atoms with Crippen molar-refractivity contribution in [3.05, 3.63) is 26.5 Å². The Hall–Kier alpha value is -1.51. The van der Waals surface area contributed by atoms with E-state index in [0.29, 0.717) is 0 Å². The van der Waals surface area contributed by atoms with Gasteiger partial charge in [0.1, 0.15) is 18.3 Å². The molecule has 0 saturated carbocycles. The third kappa shape index (κ3) is 1.69. The summed E-state index contributed by atoms with van der Waals surface area (Å²) in [6.07, 6.45) is -3.28. The first-order chi connectivity index (χ1) is 7.09. The zero-order chi connectivity index (χ0) is 11.0. The molecule has 1 saturated heterocycles. The average molecular weight is 215 g/mol. The molecule has 0 aromatic carbocycles. The van der Waals surface area contributed by atoms with E-state index < -0.39 is 29.6 Å². The number of nitrogens with zero attached hydrogens (tertiary/aromatic N) is 1. The smallest absolute Gasteiger partial charge is 0.342 e. The van der Waals surface area contributed by atoms with E-state index in [1.165, 1.54) is 0 Å². The highest BCUT2D eigenvalue weighted by Gasteiger charge is 2.38. The molecule has 8 heteroatoms. The number of rotatable bonds is 1. The molecule has 15 heavy (non-hydrogen) atoms. The third-order valence-electron chi connectivity index (χ3n) is 2.16. The molecule has 8 nitrogen and oxygen atoms in total. The number of nitrogens with one attached hydrogen (secondary N) is 2. The van der Waals surface area contributed by atoms with Crippen molar-refractivity contribution in [1.82, 2.24) is 15.2 Å². The summed E-state index contributed by atoms with van der Waals surface area (Å²) in [4.78, 5) is 23.9. The average Bonchev–Trinajstić information content (AvgIpc) is 2.49. The Morgan fingerprint density at radius 1 is 1.40 bits per heavy atom. The van der Waals surface area contributed by atoms with Crippen LogP contribution in [0.1, 0.15) is 11.8 Å². The first-order valence-electron chi connectivity index (χ1n) is 4.26. The van der Waals surface area contributed by atoms with Crippen molar-refractivity contribution < 1.29 is 14.9 Å². The van der Waals surface area contributed by atoms with Crippen LogP contribution < -0.4 is 11.2 Å². The molecule has 0 bridgehead atoms. The molecule has 82 valence electrons. The Labute approximate surface area is 82.5 Å². The van der Waals surface area contributed by atoms with Gasteiger partial charge in [-0.3, -0.25) is 9.78 Å². The molecule has 3 atom stereocenters. The fourth-order valence-corrected chi connectivity index (χ4v) is 1.39. The minimum atomic E-state index is -1.22. The number of hydrogen-bond donors (Lipinski definition) is 4. The highest BCUT2D eigenvalue weighted by Crippen LogP contribution is 2.25. The SMILES string of the molecule is O=c1[nH]nc(C2OCC(O)C2O)c(=O)[nH]1. The van der Waals surface area contributed by atoms with Gasteiger partial charge in [0.2, 0.25) is 0 Å². The van der Waals surface area contributed by atoms with Gasteiger partial charge in [-0.1, -0.05) is 0 Å². The van der Waals surface area contributed by atoms with Crippen molar-refractivity contribution >= 4 is 0 Å². The molecular weight excluding hydrogens is 206 g/mol. The van der Waals surface area contributed by atoms with Crippen molar-refractivity contribution in [2.24, 2.45) is 0 Å². The van der Waals surface area contributed by atoms with Crippen LogP contribution in [0.15, 0.2) is 9.59 Å². The summed E-state index contributed by atoms with van der Waals surface area (Å²) in [6, 6.07) is 0. The van der Waals surface area contributed by atoms with Crippen LogP contribution in [-0.2, 0) is 4.74 Å². The van der Waals surface area contributed by atoms with Crippen LogP contribution in [-0.4, -0.2) is 44.2 Å². The van der Waals surface area contributed by atoms with Gasteiger partial charge in [0.05, 0.1) is 6.61 Å². The van der Waals surface area contributed by atoms with E-state index in [-0.39, 0.29) is 12.3 Å². The van der Waals surface area contributed by atoms with E-state index in [9.17, 15) is 19.8 Å². The summed E-state index contributed by atoms with van der Waals surface area (Å²) < 4.78 is 4.98. The maximum Gasteiger partial charge on any atom is 0.342 e. The lowest BCUT2D eigenvalue weighted by Crippen LogP contribution is -2.33. The Morgan fingerprint density at radius 2 is 2.13 bits per heavy atom. The number of ether oxygens (including phenoxy) is 1. The Balaban J connectivity index is 2.39. The standard InChI is InChI=1S/C7H9N3O5/c11-2-1-15-5(4(2)12)3-6(13)8-7(14)10-9-3/h2,4-5,11-12H,1H2,(H2,8,10,13,14). The maximum absolute atomic E-state index is 11.3. The molecule has 1 aliphatic heterocycles. The highest BCUT2D eigenvalue weighted by molar-refractivity contribution is 5.04. The van der Waals surface area contributed by atoms with Crippen LogP contribution in [0.4, 0.5) is 0 Å². The van der Waals surface area contributed by atoms with E-state index in [1.807, 2.05) is 10.1 Å². The van der Waals surface area contributed by atoms with Crippen molar-refractivity contribution in [2.75, 3.05) is 6.61 Å². The molecule has 1 aliphatic rings. The molecule has 0 amide bonds. The third-order valence-corrected chi connectivity index (χ3v) is 2.16. The van der Waals surface area contributed by atoms with E-state index in [4.69, 9.17) is 4.74 Å². The van der Waals surface area contributed by atoms with Gasteiger partial charge in [-0.15, -0.1) is 0 Å². The predicted octanol–water partition coefficient (Wildman–Crippen LogP) is -2.75. The van der Waals surface area contributed by atoms with Crippen LogP contribution in [0, 0.1) is 0 Å². The first-order valence-corrected chi connectivity index (χ1v) is 4.26. The lowest BCUT2D eigenvalue weighted by Gasteiger charge is -2.11. The zero-order valence-corrected chi connectivity index (χ0v) is 7.51. The van der Waals surface area contributed by atoms with Gasteiger partial charge < -0.3 is 14.9 Å². The minimum Gasteiger partial charge on any atom is -0.388 e. The van der Waals surface area contributed by atoms with Crippen molar-refractivity contribution in [3.8, 4) is 0 Å². The first kappa shape index (κ1) is 10.0. The second kappa shape index (κ2) is 3.57. The molecule has 2 heterocycles. The largest absolute Gasteiger partial charge is 0.388 e. The van der Waals surface area contributed by atoms with Gasteiger partial charge in [-0.2, -0.15) is 5.10 Å². The quantitative estimate of drug-likeness (QED) is 0.402. The number of aliphatic hydroxyl groups is 2. The lowest BCUT2D eigenvalue weighted by molar-refractivity contribution is 0.0192. The fourth-order valence-electron chi connectivity index (χ4n) is 1.39. The zero-order valence-electron chi connectivity index (χ0n) is 7.51. The second-order valence-corrected chi connectivity index (χ2v) is 3.20. The normalized spacial score (nSPS) is 30.7. The molecule has 1 fully saturated rings. The Morgan fingerprint density at radius 3 is 2.67 bits per heavy atom. The molecule has 1 aromatic heterocycles. The van der Waals surface area contributed by atoms with Gasteiger partial charge in [-0.05, 0) is 0 Å². The van der Waals surface area contributed by atoms with Gasteiger partial charge in [0.15, 0.2) is 5.69 Å². The minimum absolute atomic E-state index is 0.0773. The Kier molecular flexibility index (Phi) is 2.39. The van der Waals surface area contributed by atoms with Gasteiger partial charge in [0, 0.05) is 0 Å². The summed E-state index contributed by atoms with van der Waals surface area (Å²) >= 11 is 0. The molecule has 1 aromatic rings. The van der Waals surface area contributed by atoms with Crippen LogP contribution in [0.2, 0.25) is 0 Å². The van der Waals surface area contributed by atoms with Crippen LogP contribution in [0.25, 0.3) is 0 Å². The van der Waals surface area contributed by atoms with E-state index >= 15 is 0 Å². The summed E-state index contributed by atoms with van der Waals surface area (Å²) in [7, 11) is 0. The number of aromatic amines is 2. The predicted molar refractivity (Wildman–Crippen MR) is 46.2 cm³/mol. The summed E-state index contributed by atoms with van der Waals surface area (Å²) in [6.45, 7) is -0.0773. The Bertz CT molecular complexity index is 466. The topological polar surface area (TPSA) is 128 Å². The van der Waals surface area contributed by atoms with Crippen LogP contribution in [0.5, 0.6) is 0 Å². The van der Waals surface area contributed by atoms with E-state index in [0.717, 1.165) is 0 Å². The molecule has 2 rings (SSSR count). The molecule has 0 aliphatic carbocycles. The van der Waals surface area contributed by atoms with E-state index in [2.05, 4.69) is 5.10 Å². The number of aromatic nitrogens is 3. The van der Waals surface area contributed by atoms with Crippen molar-refractivity contribution in [1.29, 1.82) is 0 Å². The molecule has 4 N–H and O–H groups in total. The van der Waals surface area contributed by atoms with E-state index in [1.54, 1.807) is 0 Å². The molecular formula is C7H9N3O5. The lowest BCUT2D eigenvalue weighted by atomic mass is 10.1. The van der Waals surface area contributed by atoms with Gasteiger partial charge >= 0.3 is 5.69 Å². The monoisotopic (exact) mass is 215 g/mol. The van der Waals surface area contributed by atoms with Crippen LogP contribution >= 0.6 is 0 Å². The number of H-pyrrole nitrogens is 2. The number of hydrogen-bond acceptors (Lipinski definition) is 6. The van der Waals surface area contributed by atoms with Crippen LogP contribution in [0.3, 0.4) is 0 Å². The second-order valence-electron chi connectivity index (χ2n) is 3.20. The number of aliphatic hydroxyl groups excluding tert-OH is 2. The fraction of sp³-hybridized carbons (Fsp3) is 0.571. The van der Waals surface area contributed by atoms with Gasteiger partial charge in [0.25, 0.3) is 5.56 Å². The summed E-state index contributed by atoms with van der Waals surface area (Å²) in [5.74, 6) is 0. The summed E-state index contributed by atoms with van der Waals surface area (Å²) in [5, 5.41) is 24.1.